The second kappa shape index (κ2) is 5.08. The highest BCUT2D eigenvalue weighted by Crippen LogP contribution is 2.28. The van der Waals surface area contributed by atoms with Gasteiger partial charge < -0.3 is 0 Å². The smallest absolute Gasteiger partial charge is 0.0131 e. The van der Waals surface area contributed by atoms with Gasteiger partial charge in [-0.15, -0.1) is 0 Å². The van der Waals surface area contributed by atoms with Crippen LogP contribution in [0.1, 0.15) is 60.8 Å². The van der Waals surface area contributed by atoms with E-state index >= 15 is 0 Å². The zero-order valence-electron chi connectivity index (χ0n) is 10.5. The molecule has 0 aliphatic heterocycles. The molecule has 0 nitrogen and oxygen atoms in total. The lowest BCUT2D eigenvalue weighted by molar-refractivity contribution is 0.581. The molecule has 3 rings (SSSR count). The van der Waals surface area contributed by atoms with Crippen LogP contribution in [0.4, 0.5) is 0 Å². The predicted octanol–water partition coefficient (Wildman–Crippen LogP) is 4.70. The van der Waals surface area contributed by atoms with Crippen LogP contribution >= 0.6 is 0 Å². The molecule has 1 aromatic rings. The predicted molar refractivity (Wildman–Crippen MR) is 74.0 cm³/mol. The molecule has 0 atom stereocenters. The van der Waals surface area contributed by atoms with Crippen LogP contribution in [0.5, 0.6) is 0 Å². The SMILES string of the molecule is [CH]1C=Cc2cc3c(cc21)CCCCCCCC3. The summed E-state index contributed by atoms with van der Waals surface area (Å²) in [6.45, 7) is 0. The van der Waals surface area contributed by atoms with Crippen molar-refractivity contribution in [2.45, 2.75) is 51.4 Å². The number of benzene rings is 1. The van der Waals surface area contributed by atoms with Gasteiger partial charge in [0.15, 0.2) is 0 Å². The number of hydrogen-bond donors (Lipinski definition) is 0. The van der Waals surface area contributed by atoms with E-state index in [2.05, 4.69) is 30.7 Å². The van der Waals surface area contributed by atoms with E-state index in [1.54, 1.807) is 11.1 Å². The molecule has 0 heterocycles. The summed E-state index contributed by atoms with van der Waals surface area (Å²) in [5, 5.41) is 0. The minimum atomic E-state index is 1.29. The Morgan fingerprint density at radius 1 is 0.647 bits per heavy atom. The Bertz CT molecular complexity index is 426. The van der Waals surface area contributed by atoms with Gasteiger partial charge in [-0.25, -0.2) is 0 Å². The third kappa shape index (κ3) is 2.46. The highest BCUT2D eigenvalue weighted by Gasteiger charge is 2.11. The number of hydrogen-bond acceptors (Lipinski definition) is 0. The van der Waals surface area contributed by atoms with Crippen molar-refractivity contribution in [3.05, 3.63) is 46.9 Å². The van der Waals surface area contributed by atoms with Gasteiger partial charge in [0.25, 0.3) is 0 Å². The van der Waals surface area contributed by atoms with Crippen molar-refractivity contribution in [1.29, 1.82) is 0 Å². The van der Waals surface area contributed by atoms with Crippen LogP contribution in [0, 0.1) is 6.42 Å². The maximum atomic E-state index is 2.44. The molecule has 0 saturated heterocycles. The van der Waals surface area contributed by atoms with Crippen LogP contribution in [-0.2, 0) is 12.8 Å². The second-order valence-corrected chi connectivity index (χ2v) is 5.40. The second-order valence-electron chi connectivity index (χ2n) is 5.40. The summed E-state index contributed by atoms with van der Waals surface area (Å²) >= 11 is 0. The van der Waals surface area contributed by atoms with Crippen molar-refractivity contribution < 1.29 is 0 Å². The Labute approximate surface area is 105 Å². The molecule has 89 valence electrons. The number of rotatable bonds is 0. The summed E-state index contributed by atoms with van der Waals surface area (Å²) in [6.07, 6.45) is 17.7. The van der Waals surface area contributed by atoms with Gasteiger partial charge in [-0.3, -0.25) is 0 Å². The van der Waals surface area contributed by atoms with Gasteiger partial charge in [0.1, 0.15) is 0 Å². The summed E-state index contributed by atoms with van der Waals surface area (Å²) in [4.78, 5) is 0. The van der Waals surface area contributed by atoms with Crippen LogP contribution in [0.25, 0.3) is 6.08 Å². The van der Waals surface area contributed by atoms with Crippen LogP contribution in [0.2, 0.25) is 0 Å². The topological polar surface area (TPSA) is 0 Å². The van der Waals surface area contributed by atoms with Gasteiger partial charge in [-0.2, -0.15) is 0 Å². The van der Waals surface area contributed by atoms with Crippen LogP contribution in [0.15, 0.2) is 18.2 Å². The Balaban J connectivity index is 1.89. The van der Waals surface area contributed by atoms with Crippen molar-refractivity contribution in [1.82, 2.24) is 0 Å². The fourth-order valence-corrected chi connectivity index (χ4v) is 3.08. The zero-order valence-corrected chi connectivity index (χ0v) is 10.5. The molecule has 0 N–H and O–H groups in total. The molecule has 0 amide bonds. The molecule has 2 aliphatic rings. The fraction of sp³-hybridized carbons (Fsp3) is 0.471. The standard InChI is InChI=1S/C17H21/c1-2-4-6-9-15-13-17-11-7-10-16(17)12-14(15)8-5-3-1/h7,10-13H,1-6,8-9H2. The summed E-state index contributed by atoms with van der Waals surface area (Å²) < 4.78 is 0. The van der Waals surface area contributed by atoms with E-state index in [4.69, 9.17) is 0 Å². The molecular weight excluding hydrogens is 204 g/mol. The molecule has 0 unspecified atom stereocenters. The maximum absolute atomic E-state index is 2.44. The van der Waals surface area contributed by atoms with Crippen molar-refractivity contribution in [3.8, 4) is 0 Å². The van der Waals surface area contributed by atoms with E-state index in [-0.39, 0.29) is 0 Å². The molecule has 2 aliphatic carbocycles. The first-order valence-corrected chi connectivity index (χ1v) is 7.11. The first-order chi connectivity index (χ1) is 8.43. The van der Waals surface area contributed by atoms with Gasteiger partial charge in [0.05, 0.1) is 0 Å². The van der Waals surface area contributed by atoms with Gasteiger partial charge in [0.2, 0.25) is 0 Å². The summed E-state index contributed by atoms with van der Waals surface area (Å²) in [5.74, 6) is 0. The number of fused-ring (bicyclic) bond motifs is 2. The third-order valence-corrected chi connectivity index (χ3v) is 4.10. The van der Waals surface area contributed by atoms with E-state index in [9.17, 15) is 0 Å². The van der Waals surface area contributed by atoms with E-state index in [0.717, 1.165) is 0 Å². The summed E-state index contributed by atoms with van der Waals surface area (Å²) in [7, 11) is 0. The van der Waals surface area contributed by atoms with Gasteiger partial charge >= 0.3 is 0 Å². The fourth-order valence-electron chi connectivity index (χ4n) is 3.08. The van der Waals surface area contributed by atoms with E-state index in [0.29, 0.717) is 0 Å². The molecule has 0 heteroatoms. The monoisotopic (exact) mass is 225 g/mol. The molecule has 17 heavy (non-hydrogen) atoms. The van der Waals surface area contributed by atoms with Crippen molar-refractivity contribution >= 4 is 6.08 Å². The van der Waals surface area contributed by atoms with Gasteiger partial charge in [0, 0.05) is 6.42 Å². The van der Waals surface area contributed by atoms with E-state index in [1.807, 2.05) is 0 Å². The molecular formula is C17H21. The quantitative estimate of drug-likeness (QED) is 0.600. The lowest BCUT2D eigenvalue weighted by atomic mass is 9.91. The summed E-state index contributed by atoms with van der Waals surface area (Å²) in [6, 6.07) is 4.87. The Morgan fingerprint density at radius 2 is 1.24 bits per heavy atom. The number of allylic oxidation sites excluding steroid dienone is 1. The third-order valence-electron chi connectivity index (χ3n) is 4.10. The first-order valence-electron chi connectivity index (χ1n) is 7.11. The Hall–Kier alpha value is -1.04. The molecule has 0 aromatic heterocycles. The minimum Gasteiger partial charge on any atom is -0.0755 e. The van der Waals surface area contributed by atoms with E-state index < -0.39 is 0 Å². The van der Waals surface area contributed by atoms with Crippen LogP contribution in [-0.4, -0.2) is 0 Å². The van der Waals surface area contributed by atoms with Crippen LogP contribution < -0.4 is 0 Å². The highest BCUT2D eigenvalue weighted by molar-refractivity contribution is 5.66. The highest BCUT2D eigenvalue weighted by atomic mass is 14.2. The van der Waals surface area contributed by atoms with Gasteiger partial charge in [-0.05, 0) is 47.9 Å². The molecule has 0 bridgehead atoms. The van der Waals surface area contributed by atoms with Crippen molar-refractivity contribution in [2.24, 2.45) is 0 Å². The molecule has 0 saturated carbocycles. The normalized spacial score (nSPS) is 19.8. The largest absolute Gasteiger partial charge is 0.0755 e. The molecule has 1 radical (unpaired) electrons. The van der Waals surface area contributed by atoms with Gasteiger partial charge in [-0.1, -0.05) is 50.0 Å². The summed E-state index contributed by atoms with van der Waals surface area (Å²) in [5.41, 5.74) is 6.10. The zero-order chi connectivity index (χ0) is 11.5. The average molecular weight is 225 g/mol. The Kier molecular flexibility index (Phi) is 3.31. The lowest BCUT2D eigenvalue weighted by Crippen LogP contribution is -2.00. The first kappa shape index (κ1) is 11.1. The lowest BCUT2D eigenvalue weighted by Gasteiger charge is -2.14. The van der Waals surface area contributed by atoms with E-state index in [1.165, 1.54) is 62.5 Å². The maximum Gasteiger partial charge on any atom is 0.0131 e. The van der Waals surface area contributed by atoms with Crippen molar-refractivity contribution in [2.75, 3.05) is 0 Å². The molecule has 1 aromatic carbocycles. The Morgan fingerprint density at radius 3 is 1.94 bits per heavy atom. The molecule has 0 fully saturated rings. The minimum absolute atomic E-state index is 1.29. The average Bonchev–Trinajstić information content (AvgIpc) is 2.80. The van der Waals surface area contributed by atoms with Crippen molar-refractivity contribution in [3.63, 3.8) is 0 Å². The molecule has 0 spiro atoms. The van der Waals surface area contributed by atoms with Crippen LogP contribution in [0.3, 0.4) is 0 Å². The number of aryl methyl sites for hydroxylation is 2.